The van der Waals surface area contributed by atoms with Crippen molar-refractivity contribution in [3.8, 4) is 11.5 Å². The smallest absolute Gasteiger partial charge is 0.255 e. The zero-order chi connectivity index (χ0) is 18.7. The Hall–Kier alpha value is -3.09. The number of benzene rings is 2. The van der Waals surface area contributed by atoms with Gasteiger partial charge in [-0.3, -0.25) is 9.59 Å². The minimum atomic E-state index is -0.413. The molecule has 1 fully saturated rings. The van der Waals surface area contributed by atoms with Crippen LogP contribution in [0.1, 0.15) is 16.8 Å². The zero-order valence-electron chi connectivity index (χ0n) is 14.5. The topological polar surface area (TPSA) is 67.9 Å². The first-order valence-corrected chi connectivity index (χ1v) is 8.11. The van der Waals surface area contributed by atoms with Crippen LogP contribution in [0, 0.1) is 5.82 Å². The lowest BCUT2D eigenvalue weighted by molar-refractivity contribution is -0.117. The Morgan fingerprint density at radius 3 is 2.65 bits per heavy atom. The van der Waals surface area contributed by atoms with Crippen LogP contribution >= 0.6 is 0 Å². The summed E-state index contributed by atoms with van der Waals surface area (Å²) in [4.78, 5) is 26.3. The lowest BCUT2D eigenvalue weighted by Crippen LogP contribution is -2.37. The van der Waals surface area contributed by atoms with E-state index in [9.17, 15) is 14.0 Å². The molecule has 26 heavy (non-hydrogen) atoms. The summed E-state index contributed by atoms with van der Waals surface area (Å²) in [5, 5.41) is 2.84. The second-order valence-electron chi connectivity index (χ2n) is 5.90. The van der Waals surface area contributed by atoms with Gasteiger partial charge in [-0.1, -0.05) is 12.1 Å². The number of amides is 2. The Balaban J connectivity index is 1.74. The highest BCUT2D eigenvalue weighted by Gasteiger charge is 2.32. The minimum Gasteiger partial charge on any atom is -0.493 e. The highest BCUT2D eigenvalue weighted by molar-refractivity contribution is 6.00. The molecule has 1 saturated heterocycles. The first-order chi connectivity index (χ1) is 12.5. The number of nitrogens with zero attached hydrogens (tertiary/aromatic N) is 1. The third kappa shape index (κ3) is 3.46. The van der Waals surface area contributed by atoms with E-state index in [4.69, 9.17) is 9.47 Å². The second kappa shape index (κ2) is 7.43. The van der Waals surface area contributed by atoms with Crippen molar-refractivity contribution in [3.05, 3.63) is 53.8 Å². The minimum absolute atomic E-state index is 0.147. The van der Waals surface area contributed by atoms with E-state index in [1.54, 1.807) is 30.3 Å². The lowest BCUT2D eigenvalue weighted by atomic mass is 10.1. The lowest BCUT2D eigenvalue weighted by Gasteiger charge is -2.18. The first kappa shape index (κ1) is 17.7. The number of hydrogen-bond acceptors (Lipinski definition) is 4. The quantitative estimate of drug-likeness (QED) is 0.891. The van der Waals surface area contributed by atoms with Crippen molar-refractivity contribution < 1.29 is 23.5 Å². The van der Waals surface area contributed by atoms with Gasteiger partial charge in [-0.15, -0.1) is 0 Å². The average Bonchev–Trinajstić information content (AvgIpc) is 3.01. The molecule has 0 aliphatic carbocycles. The number of nitrogens with one attached hydrogen (secondary N) is 1. The predicted molar refractivity (Wildman–Crippen MR) is 94.2 cm³/mol. The first-order valence-electron chi connectivity index (χ1n) is 8.11. The van der Waals surface area contributed by atoms with Crippen LogP contribution in [0.5, 0.6) is 11.5 Å². The second-order valence-corrected chi connectivity index (χ2v) is 5.90. The molecule has 2 aromatic rings. The molecule has 7 heteroatoms. The molecule has 1 aliphatic heterocycles. The van der Waals surface area contributed by atoms with Gasteiger partial charge in [0.1, 0.15) is 5.82 Å². The van der Waals surface area contributed by atoms with Gasteiger partial charge >= 0.3 is 0 Å². The van der Waals surface area contributed by atoms with Crippen molar-refractivity contribution in [1.82, 2.24) is 5.32 Å². The van der Waals surface area contributed by atoms with Crippen molar-refractivity contribution >= 4 is 17.5 Å². The molecular weight excluding hydrogens is 339 g/mol. The van der Waals surface area contributed by atoms with Crippen LogP contribution in [0.25, 0.3) is 0 Å². The molecular formula is C19H19FN2O4. The molecule has 0 aromatic heterocycles. The van der Waals surface area contributed by atoms with Crippen LogP contribution in [0.3, 0.4) is 0 Å². The third-order valence-corrected chi connectivity index (χ3v) is 4.23. The molecule has 2 amide bonds. The predicted octanol–water partition coefficient (Wildman–Crippen LogP) is 2.38. The maximum absolute atomic E-state index is 13.4. The van der Waals surface area contributed by atoms with Crippen molar-refractivity contribution in [1.29, 1.82) is 0 Å². The van der Waals surface area contributed by atoms with Gasteiger partial charge in [-0.05, 0) is 30.3 Å². The molecule has 0 spiro atoms. The number of hydrogen-bond donors (Lipinski definition) is 1. The van der Waals surface area contributed by atoms with Crippen LogP contribution in [-0.4, -0.2) is 38.6 Å². The Labute approximate surface area is 150 Å². The van der Waals surface area contributed by atoms with Crippen molar-refractivity contribution in [2.75, 3.05) is 25.7 Å². The molecule has 1 heterocycles. The van der Waals surface area contributed by atoms with Gasteiger partial charge < -0.3 is 19.7 Å². The molecule has 1 aliphatic rings. The van der Waals surface area contributed by atoms with Crippen molar-refractivity contribution in [3.63, 3.8) is 0 Å². The summed E-state index contributed by atoms with van der Waals surface area (Å²) in [7, 11) is 2.95. The van der Waals surface area contributed by atoms with Crippen LogP contribution in [-0.2, 0) is 4.79 Å². The van der Waals surface area contributed by atoms with Gasteiger partial charge in [0.15, 0.2) is 11.5 Å². The van der Waals surface area contributed by atoms with E-state index < -0.39 is 5.82 Å². The van der Waals surface area contributed by atoms with Gasteiger partial charge in [0.2, 0.25) is 5.91 Å². The van der Waals surface area contributed by atoms with E-state index in [1.165, 1.54) is 31.3 Å². The van der Waals surface area contributed by atoms with E-state index in [0.29, 0.717) is 22.7 Å². The Morgan fingerprint density at radius 2 is 1.96 bits per heavy atom. The Bertz CT molecular complexity index is 840. The Morgan fingerprint density at radius 1 is 1.19 bits per heavy atom. The molecule has 0 radical (unpaired) electrons. The van der Waals surface area contributed by atoms with Gasteiger partial charge in [0, 0.05) is 18.7 Å². The largest absolute Gasteiger partial charge is 0.493 e. The van der Waals surface area contributed by atoms with Crippen LogP contribution in [0.4, 0.5) is 10.1 Å². The number of ether oxygens (including phenoxy) is 2. The maximum Gasteiger partial charge on any atom is 0.255 e. The normalized spacial score (nSPS) is 16.5. The average molecular weight is 358 g/mol. The molecule has 0 bridgehead atoms. The fraction of sp³-hybridized carbons (Fsp3) is 0.263. The van der Waals surface area contributed by atoms with Crippen LogP contribution < -0.4 is 19.7 Å². The molecule has 2 aromatic carbocycles. The third-order valence-electron chi connectivity index (χ3n) is 4.23. The van der Waals surface area contributed by atoms with E-state index in [1.807, 2.05) is 0 Å². The van der Waals surface area contributed by atoms with Crippen molar-refractivity contribution in [2.24, 2.45) is 0 Å². The number of carbonyl (C=O) groups is 2. The molecule has 1 unspecified atom stereocenters. The number of methoxy groups -OCH3 is 2. The van der Waals surface area contributed by atoms with Gasteiger partial charge in [0.05, 0.1) is 25.8 Å². The highest BCUT2D eigenvalue weighted by Crippen LogP contribution is 2.31. The van der Waals surface area contributed by atoms with Crippen LogP contribution in [0.2, 0.25) is 0 Å². The van der Waals surface area contributed by atoms with Gasteiger partial charge in [-0.25, -0.2) is 4.39 Å². The molecule has 0 saturated carbocycles. The number of rotatable bonds is 5. The summed E-state index contributed by atoms with van der Waals surface area (Å²) in [6, 6.07) is 10.5. The zero-order valence-corrected chi connectivity index (χ0v) is 14.5. The van der Waals surface area contributed by atoms with E-state index >= 15 is 0 Å². The van der Waals surface area contributed by atoms with E-state index in [2.05, 4.69) is 5.32 Å². The van der Waals surface area contributed by atoms with E-state index in [0.717, 1.165) is 0 Å². The summed E-state index contributed by atoms with van der Waals surface area (Å²) in [5.41, 5.74) is 0.800. The maximum atomic E-state index is 13.4. The summed E-state index contributed by atoms with van der Waals surface area (Å²) in [5.74, 6) is -0.162. The summed E-state index contributed by atoms with van der Waals surface area (Å²) >= 11 is 0. The van der Waals surface area contributed by atoms with Gasteiger partial charge in [-0.2, -0.15) is 0 Å². The number of carbonyl (C=O) groups excluding carboxylic acids is 2. The standard InChI is InChI=1S/C19H19FN2O4/c1-25-16-8-4-7-15(18(16)26-2)19(24)21-13-10-17(23)22(11-13)14-6-3-5-12(20)9-14/h3-9,13H,10-11H2,1-2H3,(H,21,24). The van der Waals surface area contributed by atoms with E-state index in [-0.39, 0.29) is 30.8 Å². The SMILES string of the molecule is COc1cccc(C(=O)NC2CC(=O)N(c3cccc(F)c3)C2)c1OC. The number of para-hydroxylation sites is 1. The number of anilines is 1. The highest BCUT2D eigenvalue weighted by atomic mass is 19.1. The monoisotopic (exact) mass is 358 g/mol. The summed E-state index contributed by atoms with van der Waals surface area (Å²) in [6.07, 6.45) is 0.147. The van der Waals surface area contributed by atoms with Crippen LogP contribution in [0.15, 0.2) is 42.5 Å². The molecule has 1 N–H and O–H groups in total. The fourth-order valence-electron chi connectivity index (χ4n) is 3.03. The van der Waals surface area contributed by atoms with Gasteiger partial charge in [0.25, 0.3) is 5.91 Å². The summed E-state index contributed by atoms with van der Waals surface area (Å²) < 4.78 is 23.9. The van der Waals surface area contributed by atoms with Crippen molar-refractivity contribution in [2.45, 2.75) is 12.5 Å². The molecule has 3 rings (SSSR count). The molecule has 6 nitrogen and oxygen atoms in total. The molecule has 1 atom stereocenters. The fourth-order valence-corrected chi connectivity index (χ4v) is 3.03. The number of halogens is 1. The molecule has 136 valence electrons. The summed E-state index contributed by atoms with van der Waals surface area (Å²) in [6.45, 7) is 0.278. The Kier molecular flexibility index (Phi) is 5.06.